The van der Waals surface area contributed by atoms with Crippen LogP contribution in [-0.2, 0) is 6.54 Å². The first kappa shape index (κ1) is 12.8. The smallest absolute Gasteiger partial charge is 0.130 e. The van der Waals surface area contributed by atoms with Crippen molar-refractivity contribution in [1.29, 1.82) is 0 Å². The van der Waals surface area contributed by atoms with Crippen molar-refractivity contribution in [3.63, 3.8) is 0 Å². The normalized spacial score (nSPS) is 12.7. The van der Waals surface area contributed by atoms with Crippen molar-refractivity contribution in [2.24, 2.45) is 5.73 Å². The molecule has 17 heavy (non-hydrogen) atoms. The molecule has 1 unspecified atom stereocenters. The molecule has 3 nitrogen and oxygen atoms in total. The van der Waals surface area contributed by atoms with Gasteiger partial charge in [0.2, 0.25) is 0 Å². The van der Waals surface area contributed by atoms with Crippen molar-refractivity contribution >= 4 is 31.9 Å². The molecule has 5 heteroatoms. The number of aryl methyl sites for hydroxylation is 1. The number of hydrogen-bond acceptors (Lipinski definition) is 2. The summed E-state index contributed by atoms with van der Waals surface area (Å²) in [4.78, 5) is 4.34. The van der Waals surface area contributed by atoms with Gasteiger partial charge in [0, 0.05) is 27.9 Å². The number of hydrogen-bond donors (Lipinski definition) is 1. The van der Waals surface area contributed by atoms with Gasteiger partial charge < -0.3 is 10.3 Å². The maximum Gasteiger partial charge on any atom is 0.130 e. The van der Waals surface area contributed by atoms with Crippen molar-refractivity contribution in [2.45, 2.75) is 19.5 Å². The highest BCUT2D eigenvalue weighted by molar-refractivity contribution is 9.11. The SMILES string of the molecule is CCn1ccnc1C(N)c1cc(Br)ccc1Br. The monoisotopic (exact) mass is 357 g/mol. The highest BCUT2D eigenvalue weighted by Gasteiger charge is 2.16. The Hall–Kier alpha value is -0.650. The first-order chi connectivity index (χ1) is 8.13. The van der Waals surface area contributed by atoms with Crippen LogP contribution in [0.4, 0.5) is 0 Å². The molecule has 2 aromatic rings. The maximum absolute atomic E-state index is 6.27. The fourth-order valence-electron chi connectivity index (χ4n) is 1.76. The molecule has 1 aromatic carbocycles. The van der Waals surface area contributed by atoms with E-state index in [-0.39, 0.29) is 6.04 Å². The van der Waals surface area contributed by atoms with Crippen molar-refractivity contribution < 1.29 is 0 Å². The molecule has 0 fully saturated rings. The molecule has 90 valence electrons. The zero-order chi connectivity index (χ0) is 12.4. The lowest BCUT2D eigenvalue weighted by atomic mass is 10.1. The van der Waals surface area contributed by atoms with Crippen LogP contribution in [0.5, 0.6) is 0 Å². The Bertz CT molecular complexity index is 522. The minimum absolute atomic E-state index is 0.225. The third kappa shape index (κ3) is 2.61. The summed E-state index contributed by atoms with van der Waals surface area (Å²) in [6.45, 7) is 2.95. The Kier molecular flexibility index (Phi) is 4.01. The van der Waals surface area contributed by atoms with E-state index in [1.165, 1.54) is 0 Å². The summed E-state index contributed by atoms with van der Waals surface area (Å²) in [5.74, 6) is 0.881. The molecule has 0 aliphatic carbocycles. The summed E-state index contributed by atoms with van der Waals surface area (Å²) in [6, 6.07) is 5.76. The second kappa shape index (κ2) is 5.33. The largest absolute Gasteiger partial charge is 0.334 e. The van der Waals surface area contributed by atoms with E-state index in [0.717, 1.165) is 26.9 Å². The minimum atomic E-state index is -0.225. The van der Waals surface area contributed by atoms with Gasteiger partial charge in [-0.3, -0.25) is 0 Å². The molecule has 1 aromatic heterocycles. The summed E-state index contributed by atoms with van der Waals surface area (Å²) in [6.07, 6.45) is 3.73. The standard InChI is InChI=1S/C12H13Br2N3/c1-2-17-6-5-16-12(17)11(15)9-7-8(13)3-4-10(9)14/h3-7,11H,2,15H2,1H3. The summed E-state index contributed by atoms with van der Waals surface area (Å²) in [7, 11) is 0. The molecule has 0 saturated carbocycles. The van der Waals surface area contributed by atoms with Crippen molar-refractivity contribution in [3.05, 3.63) is 50.9 Å². The predicted octanol–water partition coefficient (Wildman–Crippen LogP) is 3.48. The fourth-order valence-corrected chi connectivity index (χ4v) is 2.63. The van der Waals surface area contributed by atoms with Crippen molar-refractivity contribution in [3.8, 4) is 0 Å². The molecule has 2 N–H and O–H groups in total. The Labute approximate surface area is 117 Å². The van der Waals surface area contributed by atoms with Crippen molar-refractivity contribution in [1.82, 2.24) is 9.55 Å². The molecule has 0 amide bonds. The number of rotatable bonds is 3. The van der Waals surface area contributed by atoms with Gasteiger partial charge in [-0.25, -0.2) is 4.98 Å². The van der Waals surface area contributed by atoms with E-state index >= 15 is 0 Å². The van der Waals surface area contributed by atoms with Gasteiger partial charge in [0.1, 0.15) is 5.82 Å². The summed E-state index contributed by atoms with van der Waals surface area (Å²) < 4.78 is 4.07. The highest BCUT2D eigenvalue weighted by Crippen LogP contribution is 2.28. The molecule has 1 heterocycles. The first-order valence-electron chi connectivity index (χ1n) is 5.35. The number of halogens is 2. The van der Waals surface area contributed by atoms with Gasteiger partial charge in [0.25, 0.3) is 0 Å². The zero-order valence-corrected chi connectivity index (χ0v) is 12.6. The molecule has 0 radical (unpaired) electrons. The second-order valence-corrected chi connectivity index (χ2v) is 5.48. The lowest BCUT2D eigenvalue weighted by molar-refractivity contribution is 0.655. The minimum Gasteiger partial charge on any atom is -0.334 e. The quantitative estimate of drug-likeness (QED) is 0.912. The number of benzene rings is 1. The number of nitrogens with two attached hydrogens (primary N) is 1. The van der Waals surface area contributed by atoms with Crippen molar-refractivity contribution in [2.75, 3.05) is 0 Å². The van der Waals surface area contributed by atoms with Crippen LogP contribution in [-0.4, -0.2) is 9.55 Å². The number of nitrogens with zero attached hydrogens (tertiary/aromatic N) is 2. The molecule has 0 spiro atoms. The van der Waals surface area contributed by atoms with Gasteiger partial charge in [0.15, 0.2) is 0 Å². The van der Waals surface area contributed by atoms with E-state index < -0.39 is 0 Å². The van der Waals surface area contributed by atoms with E-state index in [1.807, 2.05) is 24.4 Å². The molecule has 0 aliphatic heterocycles. The van der Waals surface area contributed by atoms with Crippen LogP contribution >= 0.6 is 31.9 Å². The Morgan fingerprint density at radius 1 is 1.41 bits per heavy atom. The molecule has 0 aliphatic rings. The van der Waals surface area contributed by atoms with Gasteiger partial charge in [-0.1, -0.05) is 31.9 Å². The average molecular weight is 359 g/mol. The summed E-state index contributed by atoms with van der Waals surface area (Å²) in [5, 5.41) is 0. The first-order valence-corrected chi connectivity index (χ1v) is 6.93. The Morgan fingerprint density at radius 3 is 2.88 bits per heavy atom. The van der Waals surface area contributed by atoms with Crippen LogP contribution in [0.1, 0.15) is 24.4 Å². The van der Waals surface area contributed by atoms with E-state index in [0.29, 0.717) is 0 Å². The lowest BCUT2D eigenvalue weighted by Crippen LogP contribution is -2.18. The molecule has 0 bridgehead atoms. The van der Waals surface area contributed by atoms with E-state index in [9.17, 15) is 0 Å². The fraction of sp³-hybridized carbons (Fsp3) is 0.250. The maximum atomic E-state index is 6.27. The van der Waals surface area contributed by atoms with Gasteiger partial charge >= 0.3 is 0 Å². The second-order valence-electron chi connectivity index (χ2n) is 3.71. The molecule has 2 rings (SSSR count). The lowest BCUT2D eigenvalue weighted by Gasteiger charge is -2.15. The van der Waals surface area contributed by atoms with Crippen LogP contribution < -0.4 is 5.73 Å². The van der Waals surface area contributed by atoms with Crippen LogP contribution in [0, 0.1) is 0 Å². The van der Waals surface area contributed by atoms with E-state index in [1.54, 1.807) is 6.20 Å². The summed E-state index contributed by atoms with van der Waals surface area (Å²) >= 11 is 6.99. The topological polar surface area (TPSA) is 43.8 Å². The highest BCUT2D eigenvalue weighted by atomic mass is 79.9. The van der Waals surface area contributed by atoms with E-state index in [4.69, 9.17) is 5.73 Å². The zero-order valence-electron chi connectivity index (χ0n) is 9.40. The van der Waals surface area contributed by atoms with Gasteiger partial charge in [-0.05, 0) is 30.7 Å². The van der Waals surface area contributed by atoms with Gasteiger partial charge in [-0.2, -0.15) is 0 Å². The molecular formula is C12H13Br2N3. The summed E-state index contributed by atoms with van der Waals surface area (Å²) in [5.41, 5.74) is 7.30. The van der Waals surface area contributed by atoms with E-state index in [2.05, 4.69) is 48.3 Å². The third-order valence-corrected chi connectivity index (χ3v) is 3.88. The number of aromatic nitrogens is 2. The van der Waals surface area contributed by atoms with Crippen LogP contribution in [0.15, 0.2) is 39.5 Å². The van der Waals surface area contributed by atoms with Crippen LogP contribution in [0.3, 0.4) is 0 Å². The van der Waals surface area contributed by atoms with Crippen LogP contribution in [0.25, 0.3) is 0 Å². The molecular weight excluding hydrogens is 346 g/mol. The van der Waals surface area contributed by atoms with Gasteiger partial charge in [0.05, 0.1) is 6.04 Å². The average Bonchev–Trinajstić information content (AvgIpc) is 2.79. The predicted molar refractivity (Wildman–Crippen MR) is 75.8 cm³/mol. The Balaban J connectivity index is 2.43. The molecule has 0 saturated heterocycles. The third-order valence-electron chi connectivity index (χ3n) is 2.66. The Morgan fingerprint density at radius 2 is 2.18 bits per heavy atom. The van der Waals surface area contributed by atoms with Crippen LogP contribution in [0.2, 0.25) is 0 Å². The molecule has 1 atom stereocenters. The number of imidazole rings is 1. The van der Waals surface area contributed by atoms with Gasteiger partial charge in [-0.15, -0.1) is 0 Å².